The second-order valence-electron chi connectivity index (χ2n) is 18.5. The summed E-state index contributed by atoms with van der Waals surface area (Å²) >= 11 is 0. The van der Waals surface area contributed by atoms with Gasteiger partial charge in [0.05, 0.1) is 0 Å². The Balaban J connectivity index is 0.000000288. The maximum Gasteiger partial charge on any atom is 0.0328 e. The summed E-state index contributed by atoms with van der Waals surface area (Å²) in [4.78, 5) is 2.21. The second kappa shape index (κ2) is 21.1. The Labute approximate surface area is 317 Å². The molecule has 1 heterocycles. The van der Waals surface area contributed by atoms with E-state index in [1.54, 1.807) is 11.1 Å². The third-order valence-electron chi connectivity index (χ3n) is 11.2. The minimum atomic E-state index is 0.188. The van der Waals surface area contributed by atoms with Crippen LogP contribution in [0.5, 0.6) is 0 Å². The molecule has 1 saturated heterocycles. The SMILES string of the molecule is C=C1CCCN1C.C=CCCCNC1CC(C)(C)Cc2ccc(C)cc21.CO.Cc1ccc2c(c1)CC(CP(C)CCCC(C)(C)C)C(C)(C)C2. The number of aliphatic hydroxyl groups excluding tert-OH is 1. The van der Waals surface area contributed by atoms with Crippen LogP contribution in [-0.4, -0.2) is 56.2 Å². The minimum absolute atomic E-state index is 0.188. The van der Waals surface area contributed by atoms with Crippen molar-refractivity contribution in [1.82, 2.24) is 10.2 Å². The maximum absolute atomic E-state index is 7.00. The molecule has 5 rings (SSSR count). The lowest BCUT2D eigenvalue weighted by molar-refractivity contribution is 0.215. The molecule has 1 aliphatic heterocycles. The largest absolute Gasteiger partial charge is 0.400 e. The number of aliphatic hydroxyl groups is 1. The van der Waals surface area contributed by atoms with Crippen LogP contribution in [0.4, 0.5) is 0 Å². The van der Waals surface area contributed by atoms with Crippen LogP contribution in [0.25, 0.3) is 0 Å². The molecule has 3 aliphatic rings. The van der Waals surface area contributed by atoms with E-state index in [1.807, 2.05) is 6.08 Å². The van der Waals surface area contributed by atoms with Crippen LogP contribution in [0.15, 0.2) is 61.3 Å². The molecule has 2 aromatic carbocycles. The first-order valence-electron chi connectivity index (χ1n) is 19.9. The third kappa shape index (κ3) is 15.9. The predicted octanol–water partition coefficient (Wildman–Crippen LogP) is 12.1. The van der Waals surface area contributed by atoms with Crippen LogP contribution >= 0.6 is 7.92 Å². The van der Waals surface area contributed by atoms with E-state index in [0.717, 1.165) is 26.0 Å². The number of allylic oxidation sites excluding steroid dienone is 2. The van der Waals surface area contributed by atoms with Crippen LogP contribution in [-0.2, 0) is 19.3 Å². The van der Waals surface area contributed by atoms with Gasteiger partial charge < -0.3 is 15.3 Å². The number of nitrogens with zero attached hydrogens (tertiary/aromatic N) is 1. The Morgan fingerprint density at radius 2 is 1.61 bits per heavy atom. The number of aryl methyl sites for hydroxylation is 2. The van der Waals surface area contributed by atoms with Gasteiger partial charge >= 0.3 is 0 Å². The number of likely N-dealkylation sites (tertiary alicyclic amines) is 1. The number of fused-ring (bicyclic) bond motifs is 2. The second-order valence-corrected chi connectivity index (χ2v) is 21.1. The molecule has 288 valence electrons. The number of benzene rings is 2. The van der Waals surface area contributed by atoms with E-state index >= 15 is 0 Å². The quantitative estimate of drug-likeness (QED) is 0.146. The number of nitrogens with one attached hydrogen (secondary N) is 1. The highest BCUT2D eigenvalue weighted by Crippen LogP contribution is 2.47. The van der Waals surface area contributed by atoms with E-state index in [0.29, 0.717) is 22.3 Å². The number of hydrogen-bond donors (Lipinski definition) is 2. The number of unbranched alkanes of at least 4 members (excludes halogenated alkanes) is 1. The van der Waals surface area contributed by atoms with Gasteiger partial charge in [0.15, 0.2) is 0 Å². The maximum atomic E-state index is 7.00. The van der Waals surface area contributed by atoms with Crippen molar-refractivity contribution in [2.45, 2.75) is 133 Å². The molecule has 0 spiro atoms. The molecule has 2 N–H and O–H groups in total. The highest BCUT2D eigenvalue weighted by Gasteiger charge is 2.35. The molecular formula is C47H79N2OP. The summed E-state index contributed by atoms with van der Waals surface area (Å²) in [6, 6.07) is 14.6. The lowest BCUT2D eigenvalue weighted by Gasteiger charge is -2.41. The normalized spacial score (nSPS) is 20.6. The zero-order chi connectivity index (χ0) is 38.4. The molecule has 0 saturated carbocycles. The van der Waals surface area contributed by atoms with Crippen LogP contribution in [0.3, 0.4) is 0 Å². The smallest absolute Gasteiger partial charge is 0.0328 e. The Morgan fingerprint density at radius 3 is 2.18 bits per heavy atom. The topological polar surface area (TPSA) is 35.5 Å². The van der Waals surface area contributed by atoms with E-state index in [-0.39, 0.29) is 7.92 Å². The van der Waals surface area contributed by atoms with Crippen LogP contribution in [0.2, 0.25) is 0 Å². The summed E-state index contributed by atoms with van der Waals surface area (Å²) in [6.07, 6.45) is 17.5. The summed E-state index contributed by atoms with van der Waals surface area (Å²) in [5.41, 5.74) is 11.7. The summed E-state index contributed by atoms with van der Waals surface area (Å²) in [6.45, 7) is 33.8. The highest BCUT2D eigenvalue weighted by atomic mass is 31.1. The fourth-order valence-electron chi connectivity index (χ4n) is 7.98. The molecule has 0 aromatic heterocycles. The first-order chi connectivity index (χ1) is 23.9. The standard InChI is InChI=1S/C22H37P.C18H27N.C6H11N.CH4O/c1-17-9-10-18-15-22(5,6)20(14-19(18)13-17)16-23(7)12-8-11-21(2,3)4;1-5-6-7-10-19-17-13-18(3,4)12-15-9-8-14(2)11-16(15)17;1-6-4-3-5-7(6)2;1-2/h9-10,13,20H,8,11-12,14-16H2,1-7H3;5,8-9,11,17,19H,1,6-7,10,12-13H2,2-4H3;1,3-5H2,2H3;2H,1H3. The Morgan fingerprint density at radius 1 is 0.961 bits per heavy atom. The molecular weight excluding hydrogens is 640 g/mol. The first kappa shape index (κ1) is 45.2. The summed E-state index contributed by atoms with van der Waals surface area (Å²) in [5.74, 6) is 0.863. The van der Waals surface area contributed by atoms with Gasteiger partial charge in [0.25, 0.3) is 0 Å². The summed E-state index contributed by atoms with van der Waals surface area (Å²) < 4.78 is 0. The van der Waals surface area contributed by atoms with Crippen LogP contribution < -0.4 is 5.32 Å². The predicted molar refractivity (Wildman–Crippen MR) is 230 cm³/mol. The molecule has 3 unspecified atom stereocenters. The first-order valence-corrected chi connectivity index (χ1v) is 22.1. The van der Waals surface area contributed by atoms with Gasteiger partial charge in [-0.05, 0) is 148 Å². The van der Waals surface area contributed by atoms with Crippen molar-refractivity contribution >= 4 is 7.92 Å². The third-order valence-corrected chi connectivity index (χ3v) is 13.3. The monoisotopic (exact) mass is 719 g/mol. The molecule has 2 aliphatic carbocycles. The van der Waals surface area contributed by atoms with E-state index in [2.05, 4.69) is 136 Å². The average Bonchev–Trinajstić information content (AvgIpc) is 3.42. The van der Waals surface area contributed by atoms with Crippen molar-refractivity contribution in [3.63, 3.8) is 0 Å². The van der Waals surface area contributed by atoms with Crippen molar-refractivity contribution in [3.8, 4) is 0 Å². The molecule has 3 nitrogen and oxygen atoms in total. The molecule has 0 radical (unpaired) electrons. The van der Waals surface area contributed by atoms with Gasteiger partial charge in [-0.1, -0.05) is 109 Å². The summed E-state index contributed by atoms with van der Waals surface area (Å²) in [5, 5.41) is 10.7. The van der Waals surface area contributed by atoms with Crippen molar-refractivity contribution in [1.29, 1.82) is 0 Å². The van der Waals surface area contributed by atoms with E-state index in [9.17, 15) is 0 Å². The van der Waals surface area contributed by atoms with Gasteiger partial charge in [0.2, 0.25) is 0 Å². The van der Waals surface area contributed by atoms with Crippen molar-refractivity contribution in [3.05, 3.63) is 94.7 Å². The summed E-state index contributed by atoms with van der Waals surface area (Å²) in [7, 11) is 3.28. The van der Waals surface area contributed by atoms with E-state index in [1.165, 1.54) is 105 Å². The van der Waals surface area contributed by atoms with Crippen molar-refractivity contribution in [2.75, 3.05) is 46.2 Å². The molecule has 4 heteroatoms. The fraction of sp³-hybridized carbons (Fsp3) is 0.660. The van der Waals surface area contributed by atoms with Gasteiger partial charge in [-0.2, -0.15) is 0 Å². The van der Waals surface area contributed by atoms with E-state index in [4.69, 9.17) is 5.11 Å². The molecule has 0 bridgehead atoms. The fourth-order valence-corrected chi connectivity index (χ4v) is 10.2. The molecule has 2 aromatic rings. The Bertz CT molecular complexity index is 1350. The Hall–Kier alpha value is -1.93. The van der Waals surface area contributed by atoms with Gasteiger partial charge in [-0.15, -0.1) is 14.5 Å². The number of hydrogen-bond acceptors (Lipinski definition) is 3. The van der Waals surface area contributed by atoms with Crippen LogP contribution in [0, 0.1) is 36.0 Å². The average molecular weight is 719 g/mol. The van der Waals surface area contributed by atoms with Crippen LogP contribution in [0.1, 0.15) is 133 Å². The zero-order valence-electron chi connectivity index (χ0n) is 35.4. The molecule has 1 fully saturated rings. The van der Waals surface area contributed by atoms with Gasteiger partial charge in [-0.3, -0.25) is 0 Å². The lowest BCUT2D eigenvalue weighted by Crippen LogP contribution is -2.35. The zero-order valence-corrected chi connectivity index (χ0v) is 36.2. The molecule has 3 atom stereocenters. The molecule has 51 heavy (non-hydrogen) atoms. The van der Waals surface area contributed by atoms with E-state index < -0.39 is 0 Å². The van der Waals surface area contributed by atoms with Crippen molar-refractivity contribution < 1.29 is 5.11 Å². The Kier molecular flexibility index (Phi) is 18.7. The molecule has 0 amide bonds. The van der Waals surface area contributed by atoms with Gasteiger partial charge in [-0.25, -0.2) is 0 Å². The number of rotatable bonds is 10. The van der Waals surface area contributed by atoms with Crippen molar-refractivity contribution in [2.24, 2.45) is 22.2 Å². The lowest BCUT2D eigenvalue weighted by atomic mass is 9.67. The minimum Gasteiger partial charge on any atom is -0.400 e. The van der Waals surface area contributed by atoms with Gasteiger partial charge in [0, 0.05) is 32.4 Å². The van der Waals surface area contributed by atoms with Gasteiger partial charge in [0.1, 0.15) is 0 Å². The highest BCUT2D eigenvalue weighted by molar-refractivity contribution is 7.56.